The number of fused-ring (bicyclic) bond motifs is 1. The molecule has 1 saturated carbocycles. The van der Waals surface area contributed by atoms with Crippen molar-refractivity contribution in [1.29, 1.82) is 0 Å². The number of nitrogens with one attached hydrogen (secondary N) is 2. The second-order valence-electron chi connectivity index (χ2n) is 6.27. The molecule has 4 rings (SSSR count). The van der Waals surface area contributed by atoms with E-state index in [-0.39, 0.29) is 24.8 Å². The normalized spacial score (nSPS) is 20.2. The molecule has 5 heteroatoms. The van der Waals surface area contributed by atoms with E-state index < -0.39 is 0 Å². The summed E-state index contributed by atoms with van der Waals surface area (Å²) in [6, 6.07) is 9.32. The number of benzene rings is 1. The Morgan fingerprint density at radius 1 is 1.09 bits per heavy atom. The van der Waals surface area contributed by atoms with Crippen LogP contribution in [0.5, 0.6) is 0 Å². The van der Waals surface area contributed by atoms with Gasteiger partial charge in [-0.15, -0.1) is 24.8 Å². The van der Waals surface area contributed by atoms with Crippen molar-refractivity contribution in [3.05, 3.63) is 36.0 Å². The van der Waals surface area contributed by atoms with E-state index in [2.05, 4.69) is 45.7 Å². The topological polar surface area (TPSA) is 31.1 Å². The van der Waals surface area contributed by atoms with Crippen molar-refractivity contribution in [2.45, 2.75) is 25.3 Å². The van der Waals surface area contributed by atoms with Crippen LogP contribution in [-0.4, -0.2) is 36.1 Å². The molecule has 0 amide bonds. The van der Waals surface area contributed by atoms with E-state index in [1.165, 1.54) is 48.8 Å². The number of hydrogen-bond donors (Lipinski definition) is 2. The molecule has 2 N–H and O–H groups in total. The third kappa shape index (κ3) is 3.60. The molecule has 2 aromatic rings. The molecule has 0 radical (unpaired) electrons. The maximum Gasteiger partial charge on any atom is 0.0457 e. The van der Waals surface area contributed by atoms with E-state index in [0.29, 0.717) is 6.04 Å². The molecule has 1 aromatic heterocycles. The summed E-state index contributed by atoms with van der Waals surface area (Å²) in [6.07, 6.45) is 6.46. The quantitative estimate of drug-likeness (QED) is 0.886. The van der Waals surface area contributed by atoms with Gasteiger partial charge in [0.1, 0.15) is 0 Å². The second-order valence-corrected chi connectivity index (χ2v) is 6.27. The minimum Gasteiger partial charge on any atom is -0.361 e. The van der Waals surface area contributed by atoms with Gasteiger partial charge in [-0.05, 0) is 24.0 Å². The zero-order valence-electron chi connectivity index (χ0n) is 12.8. The molecule has 1 aliphatic carbocycles. The van der Waals surface area contributed by atoms with Crippen molar-refractivity contribution >= 4 is 35.7 Å². The fourth-order valence-electron chi connectivity index (χ4n) is 3.51. The van der Waals surface area contributed by atoms with Crippen molar-refractivity contribution in [2.75, 3.05) is 26.2 Å². The van der Waals surface area contributed by atoms with E-state index in [1.807, 2.05) is 0 Å². The fourth-order valence-corrected chi connectivity index (χ4v) is 3.51. The number of rotatable bonds is 4. The Kier molecular flexibility index (Phi) is 6.16. The molecule has 2 aliphatic rings. The van der Waals surface area contributed by atoms with Crippen LogP contribution in [0.1, 0.15) is 30.9 Å². The molecular formula is C17H25Cl2N3. The highest BCUT2D eigenvalue weighted by Gasteiger charge is 2.31. The summed E-state index contributed by atoms with van der Waals surface area (Å²) in [5.74, 6) is 0.962. The smallest absolute Gasteiger partial charge is 0.0457 e. The lowest BCUT2D eigenvalue weighted by Gasteiger charge is -2.35. The minimum atomic E-state index is 0. The van der Waals surface area contributed by atoms with Crippen molar-refractivity contribution < 1.29 is 0 Å². The summed E-state index contributed by atoms with van der Waals surface area (Å²) in [6.45, 7) is 4.61. The van der Waals surface area contributed by atoms with E-state index in [9.17, 15) is 0 Å². The second kappa shape index (κ2) is 7.69. The summed E-state index contributed by atoms with van der Waals surface area (Å²) < 4.78 is 0. The lowest BCUT2D eigenvalue weighted by molar-refractivity contribution is 0.161. The Morgan fingerprint density at radius 2 is 1.82 bits per heavy atom. The number of aromatic amines is 1. The molecule has 1 aliphatic heterocycles. The van der Waals surface area contributed by atoms with Crippen LogP contribution in [0.25, 0.3) is 10.9 Å². The van der Waals surface area contributed by atoms with Crippen LogP contribution >= 0.6 is 24.8 Å². The largest absolute Gasteiger partial charge is 0.361 e. The Morgan fingerprint density at radius 3 is 2.55 bits per heavy atom. The van der Waals surface area contributed by atoms with Crippen LogP contribution in [-0.2, 0) is 0 Å². The van der Waals surface area contributed by atoms with Gasteiger partial charge in [-0.25, -0.2) is 0 Å². The Hall–Kier alpha value is -0.740. The molecule has 3 nitrogen and oxygen atoms in total. The third-order valence-electron chi connectivity index (χ3n) is 4.83. The molecule has 122 valence electrons. The molecule has 0 spiro atoms. The van der Waals surface area contributed by atoms with Crippen molar-refractivity contribution in [1.82, 2.24) is 15.2 Å². The number of halogens is 2. The molecule has 0 unspecified atom stereocenters. The number of aromatic nitrogens is 1. The zero-order chi connectivity index (χ0) is 13.4. The highest BCUT2D eigenvalue weighted by molar-refractivity contribution is 5.85. The molecule has 1 saturated heterocycles. The molecular weight excluding hydrogens is 317 g/mol. The first-order valence-electron chi connectivity index (χ1n) is 7.92. The summed E-state index contributed by atoms with van der Waals surface area (Å²) in [5.41, 5.74) is 2.79. The molecule has 0 bridgehead atoms. The van der Waals surface area contributed by atoms with E-state index >= 15 is 0 Å². The van der Waals surface area contributed by atoms with Crippen molar-refractivity contribution in [2.24, 2.45) is 5.92 Å². The number of hydrogen-bond acceptors (Lipinski definition) is 2. The van der Waals surface area contributed by atoms with Gasteiger partial charge in [0.25, 0.3) is 0 Å². The first-order valence-corrected chi connectivity index (χ1v) is 7.92. The summed E-state index contributed by atoms with van der Waals surface area (Å²) in [4.78, 5) is 6.14. The minimum absolute atomic E-state index is 0. The summed E-state index contributed by atoms with van der Waals surface area (Å²) in [5, 5.41) is 4.89. The third-order valence-corrected chi connectivity index (χ3v) is 4.83. The monoisotopic (exact) mass is 341 g/mol. The first-order chi connectivity index (χ1) is 9.92. The summed E-state index contributed by atoms with van der Waals surface area (Å²) >= 11 is 0. The van der Waals surface area contributed by atoms with Gasteiger partial charge in [-0.1, -0.05) is 31.0 Å². The lowest BCUT2D eigenvalue weighted by Crippen LogP contribution is -2.45. The van der Waals surface area contributed by atoms with E-state index in [1.54, 1.807) is 0 Å². The number of H-pyrrole nitrogens is 1. The van der Waals surface area contributed by atoms with Crippen LogP contribution in [0.4, 0.5) is 0 Å². The number of nitrogens with zero attached hydrogens (tertiary/aromatic N) is 1. The predicted molar refractivity (Wildman–Crippen MR) is 97.3 cm³/mol. The lowest BCUT2D eigenvalue weighted by atomic mass is 9.98. The van der Waals surface area contributed by atoms with Crippen LogP contribution < -0.4 is 5.32 Å². The van der Waals surface area contributed by atoms with Gasteiger partial charge in [-0.2, -0.15) is 0 Å². The molecule has 2 fully saturated rings. The van der Waals surface area contributed by atoms with Crippen LogP contribution in [0.2, 0.25) is 0 Å². The SMILES string of the molecule is Cl.Cl.c1ccc2c([C@H](CC3CC3)N3CCNCC3)c[nH]c2c1. The van der Waals surface area contributed by atoms with E-state index in [0.717, 1.165) is 19.0 Å². The highest BCUT2D eigenvalue weighted by Crippen LogP contribution is 2.41. The van der Waals surface area contributed by atoms with Crippen LogP contribution in [0.3, 0.4) is 0 Å². The van der Waals surface area contributed by atoms with Gasteiger partial charge in [0, 0.05) is 49.3 Å². The first kappa shape index (κ1) is 17.6. The summed E-state index contributed by atoms with van der Waals surface area (Å²) in [7, 11) is 0. The number of para-hydroxylation sites is 1. The fraction of sp³-hybridized carbons (Fsp3) is 0.529. The highest BCUT2D eigenvalue weighted by atomic mass is 35.5. The van der Waals surface area contributed by atoms with Crippen LogP contribution in [0, 0.1) is 5.92 Å². The van der Waals surface area contributed by atoms with Crippen molar-refractivity contribution in [3.8, 4) is 0 Å². The van der Waals surface area contributed by atoms with E-state index in [4.69, 9.17) is 0 Å². The molecule has 1 atom stereocenters. The van der Waals surface area contributed by atoms with Crippen molar-refractivity contribution in [3.63, 3.8) is 0 Å². The molecule has 22 heavy (non-hydrogen) atoms. The Bertz CT molecular complexity index is 588. The average molecular weight is 342 g/mol. The number of piperazine rings is 1. The van der Waals surface area contributed by atoms with Gasteiger partial charge >= 0.3 is 0 Å². The van der Waals surface area contributed by atoms with Gasteiger partial charge < -0.3 is 10.3 Å². The maximum absolute atomic E-state index is 3.47. The van der Waals surface area contributed by atoms with Crippen LogP contribution in [0.15, 0.2) is 30.5 Å². The Balaban J connectivity index is 0.000000882. The van der Waals surface area contributed by atoms with Gasteiger partial charge in [-0.3, -0.25) is 4.90 Å². The van der Waals surface area contributed by atoms with Gasteiger partial charge in [0.2, 0.25) is 0 Å². The standard InChI is InChI=1S/C17H23N3.2ClH/c1-2-4-16-14(3-1)15(12-19-16)17(11-13-5-6-13)20-9-7-18-8-10-20;;/h1-4,12-13,17-19H,5-11H2;2*1H/t17-;;/m0../s1. The Labute approximate surface area is 144 Å². The van der Waals surface area contributed by atoms with Gasteiger partial charge in [0.15, 0.2) is 0 Å². The predicted octanol–water partition coefficient (Wildman–Crippen LogP) is 3.76. The average Bonchev–Trinajstić information content (AvgIpc) is 3.24. The zero-order valence-corrected chi connectivity index (χ0v) is 14.4. The molecule has 1 aromatic carbocycles. The molecule has 2 heterocycles. The van der Waals surface area contributed by atoms with Gasteiger partial charge in [0.05, 0.1) is 0 Å². The maximum atomic E-state index is 3.47.